The Balaban J connectivity index is 0.000000686. The van der Waals surface area contributed by atoms with E-state index in [2.05, 4.69) is 4.72 Å². The molecule has 0 aromatic heterocycles. The highest BCUT2D eigenvalue weighted by Crippen LogP contribution is 2.33. The average Bonchev–Trinajstić information content (AvgIpc) is 2.56. The fourth-order valence-corrected chi connectivity index (χ4v) is 3.16. The summed E-state index contributed by atoms with van der Waals surface area (Å²) in [4.78, 5) is 1.65. The lowest BCUT2D eigenvalue weighted by Crippen LogP contribution is -2.31. The number of nitrogens with one attached hydrogen (secondary N) is 1. The van der Waals surface area contributed by atoms with Crippen molar-refractivity contribution in [3.05, 3.63) is 29.6 Å². The molecule has 1 atom stereocenters. The molecular formula is C11H17FN2O2S. The minimum atomic E-state index is -3.55. The number of rotatable bonds is 1. The van der Waals surface area contributed by atoms with Crippen LogP contribution in [0.1, 0.15) is 25.6 Å². The molecule has 0 fully saturated rings. The summed E-state index contributed by atoms with van der Waals surface area (Å²) >= 11 is 0. The van der Waals surface area contributed by atoms with E-state index in [0.29, 0.717) is 0 Å². The van der Waals surface area contributed by atoms with Gasteiger partial charge in [-0.15, -0.1) is 0 Å². The molecule has 0 saturated heterocycles. The van der Waals surface area contributed by atoms with Crippen LogP contribution in [0.15, 0.2) is 23.1 Å². The minimum absolute atomic E-state index is 0.0289. The van der Waals surface area contributed by atoms with Gasteiger partial charge >= 0.3 is 0 Å². The standard InChI is InChI=1S/C9H11FN2O2S.C2H6/c1-12(2)9-8-6(10)4-3-5-7(8)15(13,14)11-9;1-2/h3-5,9,11H,1-2H3;1-2H3. The Bertz CT molecular complexity index is 500. The third-order valence-corrected chi connectivity index (χ3v) is 3.83. The van der Waals surface area contributed by atoms with Gasteiger partial charge in [0.15, 0.2) is 0 Å². The zero-order valence-corrected chi connectivity index (χ0v) is 11.2. The first-order valence-corrected chi connectivity index (χ1v) is 6.89. The summed E-state index contributed by atoms with van der Waals surface area (Å²) in [7, 11) is -0.176. The predicted octanol–water partition coefficient (Wildman–Crippen LogP) is 1.70. The fraction of sp³-hybridized carbons (Fsp3) is 0.455. The highest BCUT2D eigenvalue weighted by molar-refractivity contribution is 7.89. The lowest BCUT2D eigenvalue weighted by molar-refractivity contribution is 0.282. The maximum absolute atomic E-state index is 13.5. The molecule has 0 amide bonds. The Hall–Kier alpha value is -0.980. The van der Waals surface area contributed by atoms with Gasteiger partial charge in [-0.05, 0) is 26.2 Å². The van der Waals surface area contributed by atoms with Crippen LogP contribution in [-0.4, -0.2) is 27.4 Å². The van der Waals surface area contributed by atoms with Crippen LogP contribution in [-0.2, 0) is 10.0 Å². The molecule has 6 heteroatoms. The van der Waals surface area contributed by atoms with Crippen LogP contribution >= 0.6 is 0 Å². The highest BCUT2D eigenvalue weighted by atomic mass is 32.2. The summed E-state index contributed by atoms with van der Waals surface area (Å²) in [6.07, 6.45) is -0.619. The molecule has 1 aliphatic heterocycles. The number of halogens is 1. The van der Waals surface area contributed by atoms with Crippen molar-refractivity contribution in [1.82, 2.24) is 9.62 Å². The van der Waals surface area contributed by atoms with Crippen molar-refractivity contribution in [3.63, 3.8) is 0 Å². The Morgan fingerprint density at radius 2 is 1.88 bits per heavy atom. The number of hydrogen-bond acceptors (Lipinski definition) is 3. The van der Waals surface area contributed by atoms with Crippen molar-refractivity contribution in [2.75, 3.05) is 14.1 Å². The van der Waals surface area contributed by atoms with E-state index in [0.717, 1.165) is 0 Å². The van der Waals surface area contributed by atoms with Gasteiger partial charge in [-0.3, -0.25) is 4.90 Å². The maximum Gasteiger partial charge on any atom is 0.242 e. The molecule has 0 radical (unpaired) electrons. The summed E-state index contributed by atoms with van der Waals surface area (Å²) in [5.74, 6) is -0.500. The number of nitrogens with zero attached hydrogens (tertiary/aromatic N) is 1. The van der Waals surface area contributed by atoms with E-state index in [1.807, 2.05) is 13.8 Å². The van der Waals surface area contributed by atoms with Gasteiger partial charge in [0.25, 0.3) is 0 Å². The molecular weight excluding hydrogens is 243 g/mol. The van der Waals surface area contributed by atoms with Crippen molar-refractivity contribution in [3.8, 4) is 0 Å². The van der Waals surface area contributed by atoms with Crippen molar-refractivity contribution in [2.45, 2.75) is 24.9 Å². The molecule has 0 saturated carbocycles. The van der Waals surface area contributed by atoms with Gasteiger partial charge in [-0.2, -0.15) is 4.72 Å². The molecule has 1 aromatic rings. The molecule has 96 valence electrons. The second kappa shape index (κ2) is 5.12. The van der Waals surface area contributed by atoms with E-state index in [4.69, 9.17) is 0 Å². The van der Waals surface area contributed by atoms with Crippen LogP contribution in [0.2, 0.25) is 0 Å². The van der Waals surface area contributed by atoms with Gasteiger partial charge in [0.1, 0.15) is 12.0 Å². The van der Waals surface area contributed by atoms with Crippen LogP contribution in [0, 0.1) is 5.82 Å². The highest BCUT2D eigenvalue weighted by Gasteiger charge is 2.37. The maximum atomic E-state index is 13.5. The summed E-state index contributed by atoms with van der Waals surface area (Å²) in [6.45, 7) is 4.00. The van der Waals surface area contributed by atoms with Crippen LogP contribution in [0.25, 0.3) is 0 Å². The largest absolute Gasteiger partial charge is 0.290 e. The van der Waals surface area contributed by atoms with Crippen molar-refractivity contribution < 1.29 is 12.8 Å². The fourth-order valence-electron chi connectivity index (χ4n) is 1.65. The van der Waals surface area contributed by atoms with Crippen LogP contribution < -0.4 is 4.72 Å². The summed E-state index contributed by atoms with van der Waals surface area (Å²) in [5, 5.41) is 0. The number of hydrogen-bond donors (Lipinski definition) is 1. The van der Waals surface area contributed by atoms with Gasteiger partial charge in [0, 0.05) is 5.56 Å². The van der Waals surface area contributed by atoms with Gasteiger partial charge in [-0.25, -0.2) is 12.8 Å². The van der Waals surface area contributed by atoms with Crippen molar-refractivity contribution >= 4 is 10.0 Å². The molecule has 1 aliphatic rings. The minimum Gasteiger partial charge on any atom is -0.290 e. The first-order chi connectivity index (χ1) is 7.93. The van der Waals surface area contributed by atoms with Gasteiger partial charge in [0.2, 0.25) is 10.0 Å². The van der Waals surface area contributed by atoms with E-state index in [1.165, 1.54) is 18.2 Å². The SMILES string of the molecule is CC.CN(C)C1NS(=O)(=O)c2cccc(F)c21. The molecule has 17 heavy (non-hydrogen) atoms. The molecule has 4 nitrogen and oxygen atoms in total. The Morgan fingerprint density at radius 3 is 2.41 bits per heavy atom. The zero-order chi connectivity index (χ0) is 13.2. The third kappa shape index (κ3) is 2.48. The van der Waals surface area contributed by atoms with Gasteiger partial charge in [-0.1, -0.05) is 19.9 Å². The normalized spacial score (nSPS) is 20.7. The third-order valence-electron chi connectivity index (χ3n) is 2.36. The monoisotopic (exact) mass is 260 g/mol. The number of benzene rings is 1. The smallest absolute Gasteiger partial charge is 0.242 e. The van der Waals surface area contributed by atoms with E-state index < -0.39 is 22.0 Å². The molecule has 1 aromatic carbocycles. The molecule has 2 rings (SSSR count). The Labute approximate surface area is 101 Å². The molecule has 0 bridgehead atoms. The van der Waals surface area contributed by atoms with Crippen LogP contribution in [0.5, 0.6) is 0 Å². The first kappa shape index (κ1) is 14.1. The average molecular weight is 260 g/mol. The first-order valence-electron chi connectivity index (χ1n) is 5.40. The van der Waals surface area contributed by atoms with E-state index in [9.17, 15) is 12.8 Å². The van der Waals surface area contributed by atoms with E-state index in [1.54, 1.807) is 19.0 Å². The Morgan fingerprint density at radius 1 is 1.29 bits per heavy atom. The second-order valence-corrected chi connectivity index (χ2v) is 5.32. The summed E-state index contributed by atoms with van der Waals surface area (Å²) in [6, 6.07) is 4.06. The molecule has 0 spiro atoms. The van der Waals surface area contributed by atoms with Crippen molar-refractivity contribution in [1.29, 1.82) is 0 Å². The lowest BCUT2D eigenvalue weighted by Gasteiger charge is -2.19. The van der Waals surface area contributed by atoms with Crippen LogP contribution in [0.4, 0.5) is 4.39 Å². The molecule has 0 aliphatic carbocycles. The second-order valence-electron chi connectivity index (χ2n) is 3.64. The quantitative estimate of drug-likeness (QED) is 0.836. The Kier molecular flexibility index (Phi) is 4.24. The van der Waals surface area contributed by atoms with E-state index >= 15 is 0 Å². The van der Waals surface area contributed by atoms with Crippen LogP contribution in [0.3, 0.4) is 0 Å². The topological polar surface area (TPSA) is 49.4 Å². The lowest BCUT2D eigenvalue weighted by atomic mass is 10.1. The van der Waals surface area contributed by atoms with Gasteiger partial charge in [0.05, 0.1) is 4.90 Å². The predicted molar refractivity (Wildman–Crippen MR) is 64.5 cm³/mol. The van der Waals surface area contributed by atoms with Gasteiger partial charge < -0.3 is 0 Å². The summed E-state index contributed by atoms with van der Waals surface area (Å²) < 4.78 is 39.1. The number of sulfonamides is 1. The molecule has 1 unspecified atom stereocenters. The van der Waals surface area contributed by atoms with E-state index in [-0.39, 0.29) is 10.5 Å². The molecule has 1 heterocycles. The van der Waals surface area contributed by atoms with Crippen molar-refractivity contribution in [2.24, 2.45) is 0 Å². The molecule has 1 N–H and O–H groups in total. The number of fused-ring (bicyclic) bond motifs is 1. The summed E-state index contributed by atoms with van der Waals surface area (Å²) in [5.41, 5.74) is 0.197. The zero-order valence-electron chi connectivity index (χ0n) is 10.4.